The highest BCUT2D eigenvalue weighted by atomic mass is 15.3. The van der Waals surface area contributed by atoms with E-state index >= 15 is 0 Å². The molecule has 0 aromatic carbocycles. The molecule has 1 N–H and O–H groups in total. The maximum absolute atomic E-state index is 3.76. The molecule has 0 aromatic rings. The molecule has 3 saturated heterocycles. The van der Waals surface area contributed by atoms with Crippen LogP contribution in [0.25, 0.3) is 0 Å². The molecule has 3 fully saturated rings. The molecule has 0 aromatic heterocycles. The summed E-state index contributed by atoms with van der Waals surface area (Å²) >= 11 is 0. The van der Waals surface area contributed by atoms with Crippen LogP contribution in [0, 0.1) is 0 Å². The third kappa shape index (κ3) is 2.05. The average molecular weight is 209 g/mol. The van der Waals surface area contributed by atoms with Crippen LogP contribution in [-0.2, 0) is 0 Å². The van der Waals surface area contributed by atoms with E-state index in [9.17, 15) is 0 Å². The quantitative estimate of drug-likeness (QED) is 0.679. The van der Waals surface area contributed by atoms with E-state index in [0.717, 1.165) is 18.1 Å². The Morgan fingerprint density at radius 1 is 0.933 bits per heavy atom. The first-order chi connectivity index (χ1) is 7.31. The Hall–Kier alpha value is -0.120. The van der Waals surface area contributed by atoms with E-state index in [1.54, 1.807) is 0 Å². The number of rotatable bonds is 1. The number of hydrogen-bond donors (Lipinski definition) is 1. The molecular formula is C12H23N3. The van der Waals surface area contributed by atoms with Crippen molar-refractivity contribution in [2.24, 2.45) is 0 Å². The van der Waals surface area contributed by atoms with Crippen LogP contribution in [0.3, 0.4) is 0 Å². The van der Waals surface area contributed by atoms with E-state index < -0.39 is 0 Å². The van der Waals surface area contributed by atoms with Crippen LogP contribution in [0.2, 0.25) is 0 Å². The zero-order valence-electron chi connectivity index (χ0n) is 9.78. The van der Waals surface area contributed by atoms with Crippen LogP contribution >= 0.6 is 0 Å². The van der Waals surface area contributed by atoms with Gasteiger partial charge in [-0.3, -0.25) is 4.90 Å². The highest BCUT2D eigenvalue weighted by Gasteiger charge is 2.33. The summed E-state index contributed by atoms with van der Waals surface area (Å²) in [5.74, 6) is 0. The zero-order chi connectivity index (χ0) is 10.3. The summed E-state index contributed by atoms with van der Waals surface area (Å²) < 4.78 is 0. The minimum absolute atomic E-state index is 0.795. The second kappa shape index (κ2) is 4.04. The minimum Gasteiger partial charge on any atom is -0.310 e. The predicted octanol–water partition coefficient (Wildman–Crippen LogP) is 0.517. The van der Waals surface area contributed by atoms with Gasteiger partial charge in [0, 0.05) is 37.8 Å². The van der Waals surface area contributed by atoms with Gasteiger partial charge in [0.2, 0.25) is 0 Å². The molecule has 2 bridgehead atoms. The number of nitrogens with one attached hydrogen (secondary N) is 1. The Labute approximate surface area is 92.8 Å². The largest absolute Gasteiger partial charge is 0.310 e. The second-order valence-corrected chi connectivity index (χ2v) is 5.63. The van der Waals surface area contributed by atoms with Crippen molar-refractivity contribution >= 4 is 0 Å². The summed E-state index contributed by atoms with van der Waals surface area (Å²) in [5, 5.41) is 3.76. The summed E-state index contributed by atoms with van der Waals surface area (Å²) in [6, 6.07) is 2.47. The second-order valence-electron chi connectivity index (χ2n) is 5.63. The first-order valence-corrected chi connectivity index (χ1v) is 6.50. The molecule has 15 heavy (non-hydrogen) atoms. The first kappa shape index (κ1) is 10.1. The molecule has 3 heterocycles. The number of likely N-dealkylation sites (N-methyl/N-ethyl adjacent to an activating group) is 1. The van der Waals surface area contributed by atoms with Gasteiger partial charge in [0.1, 0.15) is 0 Å². The molecular weight excluding hydrogens is 186 g/mol. The van der Waals surface area contributed by atoms with Gasteiger partial charge in [-0.25, -0.2) is 0 Å². The summed E-state index contributed by atoms with van der Waals surface area (Å²) in [4.78, 5) is 5.22. The molecule has 0 saturated carbocycles. The van der Waals surface area contributed by atoms with Crippen LogP contribution in [0.5, 0.6) is 0 Å². The molecule has 0 radical (unpaired) electrons. The number of nitrogens with zero attached hydrogens (tertiary/aromatic N) is 2. The number of likely N-dealkylation sites (tertiary alicyclic amines) is 2. The number of fused-ring (bicyclic) bond motifs is 2. The summed E-state index contributed by atoms with van der Waals surface area (Å²) in [7, 11) is 2.25. The Bertz CT molecular complexity index is 231. The lowest BCUT2D eigenvalue weighted by molar-refractivity contribution is 0.188. The van der Waals surface area contributed by atoms with E-state index in [1.165, 1.54) is 51.9 Å². The maximum atomic E-state index is 3.76. The molecule has 3 nitrogen and oxygen atoms in total. The molecule has 86 valence electrons. The molecule has 3 aliphatic rings. The van der Waals surface area contributed by atoms with Gasteiger partial charge in [0.15, 0.2) is 0 Å². The van der Waals surface area contributed by atoms with Crippen LogP contribution in [0.1, 0.15) is 25.7 Å². The molecule has 3 atom stereocenters. The third-order valence-electron chi connectivity index (χ3n) is 4.44. The van der Waals surface area contributed by atoms with Crippen LogP contribution in [0.4, 0.5) is 0 Å². The van der Waals surface area contributed by atoms with Crippen LogP contribution < -0.4 is 5.32 Å². The van der Waals surface area contributed by atoms with Gasteiger partial charge in [0.05, 0.1) is 0 Å². The molecule has 0 spiro atoms. The van der Waals surface area contributed by atoms with Gasteiger partial charge in [-0.05, 0) is 39.3 Å². The zero-order valence-corrected chi connectivity index (χ0v) is 9.78. The fourth-order valence-corrected chi connectivity index (χ4v) is 3.51. The van der Waals surface area contributed by atoms with Gasteiger partial charge in [-0.1, -0.05) is 0 Å². The molecule has 3 rings (SSSR count). The smallest absolute Gasteiger partial charge is 0.0235 e. The molecule has 3 aliphatic heterocycles. The van der Waals surface area contributed by atoms with Crippen LogP contribution in [-0.4, -0.2) is 61.2 Å². The van der Waals surface area contributed by atoms with Crippen molar-refractivity contribution in [3.8, 4) is 0 Å². The predicted molar refractivity (Wildman–Crippen MR) is 62.0 cm³/mol. The molecule has 3 heteroatoms. The van der Waals surface area contributed by atoms with Crippen molar-refractivity contribution in [2.75, 3.05) is 33.2 Å². The Kier molecular flexibility index (Phi) is 2.71. The Morgan fingerprint density at radius 3 is 2.60 bits per heavy atom. The van der Waals surface area contributed by atoms with E-state index in [1.807, 2.05) is 0 Å². The van der Waals surface area contributed by atoms with Crippen molar-refractivity contribution in [3.63, 3.8) is 0 Å². The lowest BCUT2D eigenvalue weighted by Gasteiger charge is -2.29. The number of hydrogen-bond acceptors (Lipinski definition) is 3. The highest BCUT2D eigenvalue weighted by molar-refractivity contribution is 4.93. The monoisotopic (exact) mass is 209 g/mol. The van der Waals surface area contributed by atoms with Crippen molar-refractivity contribution in [2.45, 2.75) is 43.8 Å². The Balaban J connectivity index is 1.62. The van der Waals surface area contributed by atoms with Gasteiger partial charge in [-0.15, -0.1) is 0 Å². The van der Waals surface area contributed by atoms with E-state index in [0.29, 0.717) is 0 Å². The fraction of sp³-hybridized carbons (Fsp3) is 1.00. The lowest BCUT2D eigenvalue weighted by atomic mass is 10.1. The van der Waals surface area contributed by atoms with Crippen LogP contribution in [0.15, 0.2) is 0 Å². The van der Waals surface area contributed by atoms with Gasteiger partial charge >= 0.3 is 0 Å². The lowest BCUT2D eigenvalue weighted by Crippen LogP contribution is -2.42. The van der Waals surface area contributed by atoms with Gasteiger partial charge in [-0.2, -0.15) is 0 Å². The van der Waals surface area contributed by atoms with E-state index in [2.05, 4.69) is 22.2 Å². The highest BCUT2D eigenvalue weighted by Crippen LogP contribution is 2.24. The van der Waals surface area contributed by atoms with E-state index in [-0.39, 0.29) is 0 Å². The van der Waals surface area contributed by atoms with Gasteiger partial charge in [0.25, 0.3) is 0 Å². The maximum Gasteiger partial charge on any atom is 0.0235 e. The van der Waals surface area contributed by atoms with Crippen molar-refractivity contribution in [1.29, 1.82) is 0 Å². The molecule has 0 aliphatic carbocycles. The van der Waals surface area contributed by atoms with E-state index in [4.69, 9.17) is 0 Å². The van der Waals surface area contributed by atoms with Crippen molar-refractivity contribution < 1.29 is 0 Å². The normalized spacial score (nSPS) is 43.4. The summed E-state index contributed by atoms with van der Waals surface area (Å²) in [6.07, 6.45) is 5.58. The molecule has 0 amide bonds. The van der Waals surface area contributed by atoms with Gasteiger partial charge < -0.3 is 10.2 Å². The Morgan fingerprint density at radius 2 is 1.80 bits per heavy atom. The standard InChI is InChI=1S/C12H23N3/c1-14-6-5-12(9-14)15-7-4-10-2-3-11(8-15)13-10/h10-13H,2-9H2,1H3. The molecule has 3 unspecified atom stereocenters. The topological polar surface area (TPSA) is 18.5 Å². The SMILES string of the molecule is CN1CCC(N2CCC3CCC(C2)N3)C1. The van der Waals surface area contributed by atoms with Crippen molar-refractivity contribution in [1.82, 2.24) is 15.1 Å². The average Bonchev–Trinajstić information content (AvgIpc) is 2.74. The third-order valence-corrected chi connectivity index (χ3v) is 4.44. The first-order valence-electron chi connectivity index (χ1n) is 6.50. The minimum atomic E-state index is 0.795. The summed E-state index contributed by atoms with van der Waals surface area (Å²) in [6.45, 7) is 5.21. The summed E-state index contributed by atoms with van der Waals surface area (Å²) in [5.41, 5.74) is 0. The fourth-order valence-electron chi connectivity index (χ4n) is 3.51. The van der Waals surface area contributed by atoms with Crippen molar-refractivity contribution in [3.05, 3.63) is 0 Å².